The van der Waals surface area contributed by atoms with Crippen molar-refractivity contribution in [2.24, 2.45) is 0 Å². The van der Waals surface area contributed by atoms with Crippen LogP contribution in [0.5, 0.6) is 0 Å². The van der Waals surface area contributed by atoms with Crippen LogP contribution < -0.4 is 0 Å². The van der Waals surface area contributed by atoms with Crippen LogP contribution in [0.3, 0.4) is 0 Å². The molecule has 0 aliphatic carbocycles. The van der Waals surface area contributed by atoms with E-state index in [2.05, 4.69) is 15.9 Å². The minimum atomic E-state index is -3.09. The van der Waals surface area contributed by atoms with Crippen LogP contribution in [0.15, 0.2) is 23.1 Å². The average molecular weight is 305 g/mol. The van der Waals surface area contributed by atoms with Gasteiger partial charge in [0.1, 0.15) is 0 Å². The third-order valence-electron chi connectivity index (χ3n) is 2.63. The van der Waals surface area contributed by atoms with Crippen LogP contribution in [-0.4, -0.2) is 19.5 Å². The maximum atomic E-state index is 12.0. The molecule has 0 aliphatic heterocycles. The summed E-state index contributed by atoms with van der Waals surface area (Å²) in [6, 6.07) is 5.33. The summed E-state index contributed by atoms with van der Waals surface area (Å²) in [7, 11) is -3.09. The second-order valence-electron chi connectivity index (χ2n) is 3.96. The maximum Gasteiger partial charge on any atom is 0.178 e. The first kappa shape index (κ1) is 13.7. The van der Waals surface area contributed by atoms with Gasteiger partial charge in [-0.3, -0.25) is 0 Å². The molecular weight excluding hydrogens is 288 g/mol. The van der Waals surface area contributed by atoms with Crippen molar-refractivity contribution in [1.29, 1.82) is 0 Å². The van der Waals surface area contributed by atoms with Crippen molar-refractivity contribution in [1.82, 2.24) is 0 Å². The average Bonchev–Trinajstić information content (AvgIpc) is 2.22. The predicted molar refractivity (Wildman–Crippen MR) is 71.0 cm³/mol. The normalized spacial score (nSPS) is 11.7. The van der Waals surface area contributed by atoms with E-state index in [9.17, 15) is 8.42 Å². The lowest BCUT2D eigenvalue weighted by Gasteiger charge is -2.06. The van der Waals surface area contributed by atoms with Crippen molar-refractivity contribution >= 4 is 25.8 Å². The summed E-state index contributed by atoms with van der Waals surface area (Å²) in [5.74, 6) is 0.237. The van der Waals surface area contributed by atoms with Gasteiger partial charge in [0.2, 0.25) is 0 Å². The van der Waals surface area contributed by atoms with E-state index in [1.807, 2.05) is 19.9 Å². The van der Waals surface area contributed by atoms with Crippen molar-refractivity contribution in [3.63, 3.8) is 0 Å². The molecule has 90 valence electrons. The molecule has 4 heteroatoms. The molecule has 0 heterocycles. The van der Waals surface area contributed by atoms with Crippen LogP contribution in [0, 0.1) is 13.8 Å². The lowest BCUT2D eigenvalue weighted by Crippen LogP contribution is -2.07. The molecule has 0 spiro atoms. The van der Waals surface area contributed by atoms with Crippen LogP contribution in [-0.2, 0) is 9.84 Å². The zero-order valence-electron chi connectivity index (χ0n) is 9.66. The number of hydrogen-bond acceptors (Lipinski definition) is 2. The minimum absolute atomic E-state index is 0.237. The first-order valence-electron chi connectivity index (χ1n) is 5.33. The summed E-state index contributed by atoms with van der Waals surface area (Å²) in [6.45, 7) is 3.92. The molecule has 1 aromatic carbocycles. The SMILES string of the molecule is Cc1ccc(S(=O)(=O)CCCCBr)cc1C. The number of rotatable bonds is 5. The van der Waals surface area contributed by atoms with Crippen LogP contribution in [0.1, 0.15) is 24.0 Å². The second-order valence-corrected chi connectivity index (χ2v) is 6.86. The largest absolute Gasteiger partial charge is 0.224 e. The lowest BCUT2D eigenvalue weighted by atomic mass is 10.1. The number of hydrogen-bond donors (Lipinski definition) is 0. The minimum Gasteiger partial charge on any atom is -0.224 e. The quantitative estimate of drug-likeness (QED) is 0.618. The molecule has 0 bridgehead atoms. The van der Waals surface area contributed by atoms with Crippen LogP contribution >= 0.6 is 15.9 Å². The van der Waals surface area contributed by atoms with Gasteiger partial charge in [0.05, 0.1) is 10.6 Å². The molecule has 0 unspecified atom stereocenters. The van der Waals surface area contributed by atoms with E-state index in [-0.39, 0.29) is 5.75 Å². The van der Waals surface area contributed by atoms with Gasteiger partial charge in [0.15, 0.2) is 9.84 Å². The molecule has 1 rings (SSSR count). The molecule has 0 atom stereocenters. The van der Waals surface area contributed by atoms with Crippen molar-refractivity contribution in [3.05, 3.63) is 29.3 Å². The number of sulfone groups is 1. The number of unbranched alkanes of at least 4 members (excludes halogenated alkanes) is 1. The molecule has 0 aromatic heterocycles. The molecule has 16 heavy (non-hydrogen) atoms. The standard InChI is InChI=1S/C12H17BrO2S/c1-10-5-6-12(9-11(10)2)16(14,15)8-4-3-7-13/h5-6,9H,3-4,7-8H2,1-2H3. The highest BCUT2D eigenvalue weighted by molar-refractivity contribution is 9.09. The van der Waals surface area contributed by atoms with Gasteiger partial charge in [0, 0.05) is 5.33 Å². The second kappa shape index (κ2) is 5.82. The molecule has 0 saturated heterocycles. The summed E-state index contributed by atoms with van der Waals surface area (Å²) in [5, 5.41) is 0.857. The van der Waals surface area contributed by atoms with E-state index in [1.165, 1.54) is 0 Å². The Labute approximate surface area is 106 Å². The van der Waals surface area contributed by atoms with E-state index in [0.717, 1.165) is 22.9 Å². The zero-order valence-corrected chi connectivity index (χ0v) is 12.1. The topological polar surface area (TPSA) is 34.1 Å². The first-order chi connectivity index (χ1) is 7.47. The van der Waals surface area contributed by atoms with Gasteiger partial charge >= 0.3 is 0 Å². The summed E-state index contributed by atoms with van der Waals surface area (Å²) in [4.78, 5) is 0.449. The Kier molecular flexibility index (Phi) is 4.99. The Morgan fingerprint density at radius 2 is 1.81 bits per heavy atom. The van der Waals surface area contributed by atoms with Crippen molar-refractivity contribution in [3.8, 4) is 0 Å². The fourth-order valence-corrected chi connectivity index (χ4v) is 3.26. The Morgan fingerprint density at radius 3 is 2.38 bits per heavy atom. The summed E-state index contributed by atoms with van der Waals surface area (Å²) in [5.41, 5.74) is 2.15. The molecule has 0 fully saturated rings. The summed E-state index contributed by atoms with van der Waals surface area (Å²) >= 11 is 3.30. The fourth-order valence-electron chi connectivity index (χ4n) is 1.41. The predicted octanol–water partition coefficient (Wildman–Crippen LogP) is 3.25. The van der Waals surface area contributed by atoms with Crippen molar-refractivity contribution < 1.29 is 8.42 Å². The van der Waals surface area contributed by atoms with Gasteiger partial charge in [-0.15, -0.1) is 0 Å². The molecule has 0 aliphatic rings. The lowest BCUT2D eigenvalue weighted by molar-refractivity contribution is 0.593. The molecule has 2 nitrogen and oxygen atoms in total. The highest BCUT2D eigenvalue weighted by Crippen LogP contribution is 2.17. The van der Waals surface area contributed by atoms with Crippen LogP contribution in [0.25, 0.3) is 0 Å². The third-order valence-corrected chi connectivity index (χ3v) is 4.99. The number of benzene rings is 1. The highest BCUT2D eigenvalue weighted by atomic mass is 79.9. The van der Waals surface area contributed by atoms with E-state index in [4.69, 9.17) is 0 Å². The molecule has 0 saturated carbocycles. The van der Waals surface area contributed by atoms with E-state index < -0.39 is 9.84 Å². The Balaban J connectivity index is 2.86. The Morgan fingerprint density at radius 1 is 1.12 bits per heavy atom. The molecule has 0 N–H and O–H groups in total. The van der Waals surface area contributed by atoms with Gasteiger partial charge in [-0.1, -0.05) is 22.0 Å². The van der Waals surface area contributed by atoms with E-state index in [1.54, 1.807) is 12.1 Å². The van der Waals surface area contributed by atoms with Crippen LogP contribution in [0.2, 0.25) is 0 Å². The fraction of sp³-hybridized carbons (Fsp3) is 0.500. The van der Waals surface area contributed by atoms with Crippen molar-refractivity contribution in [2.75, 3.05) is 11.1 Å². The maximum absolute atomic E-state index is 12.0. The van der Waals surface area contributed by atoms with Gasteiger partial charge in [-0.25, -0.2) is 8.42 Å². The van der Waals surface area contributed by atoms with Gasteiger partial charge in [-0.05, 0) is 49.9 Å². The number of aryl methyl sites for hydroxylation is 2. The molecule has 0 amide bonds. The van der Waals surface area contributed by atoms with E-state index in [0.29, 0.717) is 11.3 Å². The van der Waals surface area contributed by atoms with Gasteiger partial charge in [-0.2, -0.15) is 0 Å². The Bertz CT molecular complexity index is 452. The van der Waals surface area contributed by atoms with Crippen LogP contribution in [0.4, 0.5) is 0 Å². The Hall–Kier alpha value is -0.350. The van der Waals surface area contributed by atoms with E-state index >= 15 is 0 Å². The smallest absolute Gasteiger partial charge is 0.178 e. The van der Waals surface area contributed by atoms with Gasteiger partial charge in [0.25, 0.3) is 0 Å². The summed E-state index contributed by atoms with van der Waals surface area (Å²) in [6.07, 6.45) is 1.60. The zero-order chi connectivity index (χ0) is 12.2. The molecule has 0 radical (unpaired) electrons. The van der Waals surface area contributed by atoms with Gasteiger partial charge < -0.3 is 0 Å². The molecule has 1 aromatic rings. The number of alkyl halides is 1. The number of halogens is 1. The first-order valence-corrected chi connectivity index (χ1v) is 8.11. The monoisotopic (exact) mass is 304 g/mol. The van der Waals surface area contributed by atoms with Crippen molar-refractivity contribution in [2.45, 2.75) is 31.6 Å². The molecular formula is C12H17BrO2S. The summed E-state index contributed by atoms with van der Waals surface area (Å²) < 4.78 is 23.9. The third kappa shape index (κ3) is 3.59. The highest BCUT2D eigenvalue weighted by Gasteiger charge is 2.14.